The molecule has 3 aromatic carbocycles. The van der Waals surface area contributed by atoms with E-state index in [-0.39, 0.29) is 41.6 Å². The average Bonchev–Trinajstić information content (AvgIpc) is 3.34. The molecule has 0 spiro atoms. The first-order chi connectivity index (χ1) is 19.4. The summed E-state index contributed by atoms with van der Waals surface area (Å²) >= 11 is 12.3. The fourth-order valence-electron chi connectivity index (χ4n) is 4.43. The highest BCUT2D eigenvalue weighted by molar-refractivity contribution is 6.44. The van der Waals surface area contributed by atoms with Crippen LogP contribution in [0.4, 0.5) is 23.7 Å². The number of rotatable bonds is 9. The van der Waals surface area contributed by atoms with Crippen LogP contribution >= 0.6 is 23.2 Å². The number of anilines is 1. The molecule has 4 aromatic rings. The van der Waals surface area contributed by atoms with Crippen LogP contribution in [0.1, 0.15) is 30.5 Å². The number of hydrogen-bond acceptors (Lipinski definition) is 2. The Morgan fingerprint density at radius 1 is 0.976 bits per heavy atom. The number of benzene rings is 3. The quantitative estimate of drug-likeness (QED) is 0.203. The summed E-state index contributed by atoms with van der Waals surface area (Å²) < 4.78 is 39.3. The van der Waals surface area contributed by atoms with Crippen LogP contribution in [-0.4, -0.2) is 45.9 Å². The Balaban J connectivity index is 1.54. The number of nitrogens with one attached hydrogen (secondary N) is 2. The Morgan fingerprint density at radius 2 is 1.68 bits per heavy atom. The largest absolute Gasteiger partial charge is 0.416 e. The van der Waals surface area contributed by atoms with Gasteiger partial charge in [-0.3, -0.25) is 4.79 Å². The summed E-state index contributed by atoms with van der Waals surface area (Å²) in [6.07, 6.45) is -2.07. The van der Waals surface area contributed by atoms with Crippen molar-refractivity contribution in [3.63, 3.8) is 0 Å². The van der Waals surface area contributed by atoms with Crippen molar-refractivity contribution < 1.29 is 22.8 Å². The van der Waals surface area contributed by atoms with E-state index in [0.29, 0.717) is 17.7 Å². The second-order valence-corrected chi connectivity index (χ2v) is 10.7. The van der Waals surface area contributed by atoms with Crippen LogP contribution in [0.3, 0.4) is 0 Å². The third-order valence-corrected chi connectivity index (χ3v) is 7.54. The van der Waals surface area contributed by atoms with E-state index in [1.807, 2.05) is 30.5 Å². The van der Waals surface area contributed by atoms with Crippen LogP contribution < -0.4 is 5.32 Å². The van der Waals surface area contributed by atoms with Gasteiger partial charge in [-0.05, 0) is 61.7 Å². The van der Waals surface area contributed by atoms with Gasteiger partial charge in [0.15, 0.2) is 0 Å². The molecule has 216 valence electrons. The molecule has 0 atom stereocenters. The number of halogens is 5. The SMILES string of the molecule is CC(C)N(CC(=O)N(CCc1c[nH]c2ccccc12)Cc1ccc(C(F)(F)F)cc1)C(=O)Nc1cccc(Cl)c1Cl. The number of carbonyl (C=O) groups is 2. The van der Waals surface area contributed by atoms with Crippen LogP contribution in [0.5, 0.6) is 0 Å². The highest BCUT2D eigenvalue weighted by atomic mass is 35.5. The molecule has 1 heterocycles. The van der Waals surface area contributed by atoms with Crippen LogP contribution in [0.25, 0.3) is 10.9 Å². The maximum atomic E-state index is 13.7. The predicted octanol–water partition coefficient (Wildman–Crippen LogP) is 8.01. The normalized spacial score (nSPS) is 11.6. The molecule has 6 nitrogen and oxygen atoms in total. The molecule has 0 aliphatic rings. The minimum Gasteiger partial charge on any atom is -0.361 e. The van der Waals surface area contributed by atoms with E-state index in [9.17, 15) is 22.8 Å². The van der Waals surface area contributed by atoms with Gasteiger partial charge in [0, 0.05) is 36.2 Å². The molecule has 0 saturated heterocycles. The summed E-state index contributed by atoms with van der Waals surface area (Å²) in [5, 5.41) is 4.19. The summed E-state index contributed by atoms with van der Waals surface area (Å²) in [7, 11) is 0. The van der Waals surface area contributed by atoms with Gasteiger partial charge in [-0.25, -0.2) is 4.79 Å². The van der Waals surface area contributed by atoms with Gasteiger partial charge in [0.25, 0.3) is 0 Å². The van der Waals surface area contributed by atoms with Gasteiger partial charge < -0.3 is 20.1 Å². The number of alkyl halides is 3. The summed E-state index contributed by atoms with van der Waals surface area (Å²) in [5.41, 5.74) is 2.05. The van der Waals surface area contributed by atoms with Crippen molar-refractivity contribution in [3.8, 4) is 0 Å². The van der Waals surface area contributed by atoms with Crippen molar-refractivity contribution in [1.29, 1.82) is 0 Å². The number of nitrogens with zero attached hydrogens (tertiary/aromatic N) is 2. The molecule has 4 rings (SSSR count). The highest BCUT2D eigenvalue weighted by Gasteiger charge is 2.30. The van der Waals surface area contributed by atoms with Gasteiger partial charge in [0.2, 0.25) is 5.91 Å². The first-order valence-electron chi connectivity index (χ1n) is 12.9. The molecule has 0 aliphatic carbocycles. The highest BCUT2D eigenvalue weighted by Crippen LogP contribution is 2.31. The van der Waals surface area contributed by atoms with E-state index in [1.165, 1.54) is 17.0 Å². The molecular formula is C30H29Cl2F3N4O2. The number of fused-ring (bicyclic) bond motifs is 1. The molecule has 0 unspecified atom stereocenters. The maximum absolute atomic E-state index is 13.7. The first-order valence-corrected chi connectivity index (χ1v) is 13.7. The maximum Gasteiger partial charge on any atom is 0.416 e. The Labute approximate surface area is 246 Å². The van der Waals surface area contributed by atoms with Crippen molar-refractivity contribution in [2.24, 2.45) is 0 Å². The van der Waals surface area contributed by atoms with Crippen molar-refractivity contribution in [1.82, 2.24) is 14.8 Å². The standard InChI is InChI=1S/C30H29Cl2F3N4O2/c1-19(2)39(29(41)37-26-9-5-7-24(31)28(26)32)18-27(40)38(17-20-10-12-22(13-11-20)30(33,34)35)15-14-21-16-36-25-8-4-3-6-23(21)25/h3-13,16,19,36H,14-15,17-18H2,1-2H3,(H,37,41). The van der Waals surface area contributed by atoms with E-state index in [2.05, 4.69) is 10.3 Å². The molecule has 0 aliphatic heterocycles. The molecule has 0 saturated carbocycles. The lowest BCUT2D eigenvalue weighted by atomic mass is 10.1. The topological polar surface area (TPSA) is 68.4 Å². The van der Waals surface area contributed by atoms with Crippen LogP contribution in [0.15, 0.2) is 72.9 Å². The lowest BCUT2D eigenvalue weighted by Crippen LogP contribution is -2.47. The summed E-state index contributed by atoms with van der Waals surface area (Å²) in [6.45, 7) is 3.66. The van der Waals surface area contributed by atoms with E-state index in [1.54, 1.807) is 36.9 Å². The van der Waals surface area contributed by atoms with Crippen molar-refractivity contribution in [3.05, 3.63) is 99.7 Å². The molecule has 2 N–H and O–H groups in total. The Hall–Kier alpha value is -3.69. The minimum atomic E-state index is -4.46. The first kappa shape index (κ1) is 30.3. The number of carbonyl (C=O) groups excluding carboxylic acids is 2. The Kier molecular flexibility index (Phi) is 9.50. The van der Waals surface area contributed by atoms with E-state index >= 15 is 0 Å². The van der Waals surface area contributed by atoms with E-state index in [0.717, 1.165) is 28.6 Å². The number of urea groups is 1. The number of H-pyrrole nitrogens is 1. The summed E-state index contributed by atoms with van der Waals surface area (Å²) in [6, 6.07) is 16.5. The van der Waals surface area contributed by atoms with E-state index in [4.69, 9.17) is 23.2 Å². The fraction of sp³-hybridized carbons (Fsp3) is 0.267. The zero-order valence-electron chi connectivity index (χ0n) is 22.4. The molecule has 0 radical (unpaired) electrons. The van der Waals surface area contributed by atoms with E-state index < -0.39 is 17.8 Å². The van der Waals surface area contributed by atoms with Crippen molar-refractivity contribution in [2.45, 2.75) is 39.0 Å². The van der Waals surface area contributed by atoms with Gasteiger partial charge in [0.1, 0.15) is 6.54 Å². The number of hydrogen-bond donors (Lipinski definition) is 2. The number of para-hydroxylation sites is 1. The molecule has 0 fully saturated rings. The van der Waals surface area contributed by atoms with Crippen LogP contribution in [-0.2, 0) is 23.9 Å². The summed E-state index contributed by atoms with van der Waals surface area (Å²) in [5.74, 6) is -0.356. The van der Waals surface area contributed by atoms with Crippen LogP contribution in [0, 0.1) is 0 Å². The zero-order valence-corrected chi connectivity index (χ0v) is 23.9. The average molecular weight is 605 g/mol. The van der Waals surface area contributed by atoms with Crippen molar-refractivity contribution >= 4 is 51.7 Å². The Bertz CT molecular complexity index is 1520. The smallest absolute Gasteiger partial charge is 0.361 e. The fourth-order valence-corrected chi connectivity index (χ4v) is 4.78. The van der Waals surface area contributed by atoms with Crippen LogP contribution in [0.2, 0.25) is 10.0 Å². The third-order valence-electron chi connectivity index (χ3n) is 6.72. The molecular weight excluding hydrogens is 576 g/mol. The van der Waals surface area contributed by atoms with Gasteiger partial charge >= 0.3 is 12.2 Å². The van der Waals surface area contributed by atoms with Gasteiger partial charge in [-0.2, -0.15) is 13.2 Å². The number of amides is 3. The molecule has 0 bridgehead atoms. The second kappa shape index (κ2) is 12.9. The lowest BCUT2D eigenvalue weighted by molar-refractivity contribution is -0.137. The zero-order chi connectivity index (χ0) is 29.7. The second-order valence-electron chi connectivity index (χ2n) is 9.87. The predicted molar refractivity (Wildman–Crippen MR) is 156 cm³/mol. The molecule has 1 aromatic heterocycles. The molecule has 11 heteroatoms. The van der Waals surface area contributed by atoms with Gasteiger partial charge in [-0.15, -0.1) is 0 Å². The lowest BCUT2D eigenvalue weighted by Gasteiger charge is -2.30. The third kappa shape index (κ3) is 7.54. The molecule has 3 amide bonds. The van der Waals surface area contributed by atoms with Gasteiger partial charge in [-0.1, -0.05) is 59.6 Å². The Morgan fingerprint density at radius 3 is 2.37 bits per heavy atom. The van der Waals surface area contributed by atoms with Crippen molar-refractivity contribution in [2.75, 3.05) is 18.4 Å². The monoisotopic (exact) mass is 604 g/mol. The minimum absolute atomic E-state index is 0.0764. The van der Waals surface area contributed by atoms with Gasteiger partial charge in [0.05, 0.1) is 21.3 Å². The summed E-state index contributed by atoms with van der Waals surface area (Å²) in [4.78, 5) is 33.0. The number of aromatic amines is 1. The number of aromatic nitrogens is 1. The molecule has 41 heavy (non-hydrogen) atoms.